The van der Waals surface area contributed by atoms with Gasteiger partial charge < -0.3 is 5.32 Å². The van der Waals surface area contributed by atoms with Gasteiger partial charge in [0.25, 0.3) is 0 Å². The molecule has 0 spiro atoms. The van der Waals surface area contributed by atoms with Gasteiger partial charge in [-0.2, -0.15) is 0 Å². The minimum Gasteiger partial charge on any atom is -0.376 e. The first-order valence-electron chi connectivity index (χ1n) is 5.41. The first-order valence-corrected chi connectivity index (χ1v) is 6.99. The van der Waals surface area contributed by atoms with E-state index < -0.39 is 29.0 Å². The van der Waals surface area contributed by atoms with E-state index in [-0.39, 0.29) is 12.6 Å². The molecule has 0 aliphatic carbocycles. The summed E-state index contributed by atoms with van der Waals surface area (Å²) in [6.45, 7) is 0.0165. The molecule has 0 aliphatic rings. The minimum atomic E-state index is -1.44. The fourth-order valence-electron chi connectivity index (χ4n) is 1.57. The second-order valence-electron chi connectivity index (χ2n) is 3.95. The number of anilines is 1. The molecule has 2 rings (SSSR count). The molecule has 0 aliphatic heterocycles. The summed E-state index contributed by atoms with van der Waals surface area (Å²) in [5, 5.41) is 2.36. The Balaban J connectivity index is 2.25. The van der Waals surface area contributed by atoms with E-state index in [1.54, 1.807) is 18.2 Å². The summed E-state index contributed by atoms with van der Waals surface area (Å²) in [4.78, 5) is 0. The second kappa shape index (κ2) is 6.13. The third kappa shape index (κ3) is 3.15. The Hall–Kier alpha value is -1.08. The largest absolute Gasteiger partial charge is 0.376 e. The van der Waals surface area contributed by atoms with Crippen LogP contribution in [-0.2, 0) is 6.54 Å². The zero-order valence-electron chi connectivity index (χ0n) is 9.78. The van der Waals surface area contributed by atoms with Crippen LogP contribution < -0.4 is 5.32 Å². The molecule has 2 aromatic rings. The van der Waals surface area contributed by atoms with Gasteiger partial charge >= 0.3 is 0 Å². The first kappa shape index (κ1) is 15.3. The Labute approximate surface area is 129 Å². The Bertz CT molecular complexity index is 635. The van der Waals surface area contributed by atoms with Crippen molar-refractivity contribution in [3.63, 3.8) is 0 Å². The normalized spacial score (nSPS) is 10.7. The summed E-state index contributed by atoms with van der Waals surface area (Å²) >= 11 is 6.56. The van der Waals surface area contributed by atoms with E-state index in [1.807, 2.05) is 0 Å². The van der Waals surface area contributed by atoms with Crippen LogP contribution in [0.2, 0.25) is 0 Å². The highest BCUT2D eigenvalue weighted by Crippen LogP contribution is 2.26. The van der Waals surface area contributed by atoms with Gasteiger partial charge in [-0.25, -0.2) is 17.6 Å². The van der Waals surface area contributed by atoms with Crippen LogP contribution in [-0.4, -0.2) is 0 Å². The van der Waals surface area contributed by atoms with Crippen LogP contribution in [0.5, 0.6) is 0 Å². The zero-order valence-corrected chi connectivity index (χ0v) is 13.0. The molecule has 0 amide bonds. The molecular weight excluding hydrogens is 406 g/mol. The fraction of sp³-hybridized carbons (Fsp3) is 0.0769. The molecule has 0 heterocycles. The maximum Gasteiger partial charge on any atom is 0.185 e. The number of rotatable bonds is 3. The summed E-state index contributed by atoms with van der Waals surface area (Å²) in [7, 11) is 0. The predicted octanol–water partition coefficient (Wildman–Crippen LogP) is 5.38. The summed E-state index contributed by atoms with van der Waals surface area (Å²) in [6.07, 6.45) is 0. The fourth-order valence-corrected chi connectivity index (χ4v) is 2.24. The van der Waals surface area contributed by atoms with E-state index >= 15 is 0 Å². The maximum atomic E-state index is 13.4. The van der Waals surface area contributed by atoms with Crippen LogP contribution in [0.15, 0.2) is 33.2 Å². The molecular formula is C13H7Br2F4N. The van der Waals surface area contributed by atoms with E-state index in [4.69, 9.17) is 0 Å². The van der Waals surface area contributed by atoms with Gasteiger partial charge in [-0.05, 0) is 49.6 Å². The maximum absolute atomic E-state index is 13.4. The van der Waals surface area contributed by atoms with Crippen molar-refractivity contribution in [2.45, 2.75) is 6.54 Å². The van der Waals surface area contributed by atoms with Gasteiger partial charge in [-0.1, -0.05) is 6.07 Å². The van der Waals surface area contributed by atoms with E-state index in [2.05, 4.69) is 37.2 Å². The zero-order chi connectivity index (χ0) is 14.9. The number of nitrogens with one attached hydrogen (secondary N) is 1. The van der Waals surface area contributed by atoms with E-state index in [0.29, 0.717) is 5.56 Å². The third-order valence-electron chi connectivity index (χ3n) is 2.57. The van der Waals surface area contributed by atoms with Gasteiger partial charge in [0.1, 0.15) is 5.69 Å². The number of hydrogen-bond acceptors (Lipinski definition) is 1. The van der Waals surface area contributed by atoms with Crippen molar-refractivity contribution in [2.24, 2.45) is 0 Å². The van der Waals surface area contributed by atoms with Crippen LogP contribution in [0.25, 0.3) is 0 Å². The number of hydrogen-bond donors (Lipinski definition) is 1. The monoisotopic (exact) mass is 411 g/mol. The predicted molar refractivity (Wildman–Crippen MR) is 75.4 cm³/mol. The van der Waals surface area contributed by atoms with Crippen LogP contribution in [0, 0.1) is 23.3 Å². The Morgan fingerprint density at radius 3 is 2.00 bits per heavy atom. The van der Waals surface area contributed by atoms with Crippen LogP contribution in [0.1, 0.15) is 5.56 Å². The molecule has 0 radical (unpaired) electrons. The molecule has 7 heteroatoms. The minimum absolute atomic E-state index is 0.0165. The molecule has 0 bridgehead atoms. The van der Waals surface area contributed by atoms with Gasteiger partial charge in [-0.3, -0.25) is 0 Å². The van der Waals surface area contributed by atoms with Crippen molar-refractivity contribution in [1.29, 1.82) is 0 Å². The first-order chi connectivity index (χ1) is 9.40. The van der Waals surface area contributed by atoms with E-state index in [0.717, 1.165) is 8.95 Å². The molecule has 106 valence electrons. The number of benzene rings is 2. The highest BCUT2D eigenvalue weighted by atomic mass is 79.9. The van der Waals surface area contributed by atoms with Gasteiger partial charge in [0.05, 0.1) is 0 Å². The van der Waals surface area contributed by atoms with Crippen molar-refractivity contribution in [1.82, 2.24) is 0 Å². The van der Waals surface area contributed by atoms with Crippen molar-refractivity contribution in [3.8, 4) is 0 Å². The van der Waals surface area contributed by atoms with E-state index in [1.165, 1.54) is 0 Å². The summed E-state index contributed by atoms with van der Waals surface area (Å²) in [6, 6.07) is 5.32. The number of halogens is 6. The lowest BCUT2D eigenvalue weighted by Crippen LogP contribution is -2.07. The van der Waals surface area contributed by atoms with Gasteiger partial charge in [0, 0.05) is 21.6 Å². The molecule has 20 heavy (non-hydrogen) atoms. The van der Waals surface area contributed by atoms with Crippen LogP contribution in [0.3, 0.4) is 0 Å². The average molecular weight is 413 g/mol. The van der Waals surface area contributed by atoms with Crippen molar-refractivity contribution >= 4 is 37.5 Å². The van der Waals surface area contributed by atoms with Crippen molar-refractivity contribution in [2.75, 3.05) is 5.32 Å². The second-order valence-corrected chi connectivity index (χ2v) is 5.65. The third-order valence-corrected chi connectivity index (χ3v) is 4.44. The highest BCUT2D eigenvalue weighted by Gasteiger charge is 2.18. The summed E-state index contributed by atoms with van der Waals surface area (Å²) < 4.78 is 54.5. The standard InChI is InChI=1S/C13H7Br2F4N/c14-7-2-1-6(3-8(7)15)5-20-13-11(18)9(16)4-10(17)12(13)19/h1-4,20H,5H2. The van der Waals surface area contributed by atoms with Crippen LogP contribution >= 0.6 is 31.9 Å². The van der Waals surface area contributed by atoms with Crippen LogP contribution in [0.4, 0.5) is 23.2 Å². The molecule has 0 saturated heterocycles. The Morgan fingerprint density at radius 1 is 0.850 bits per heavy atom. The Morgan fingerprint density at radius 2 is 1.45 bits per heavy atom. The van der Waals surface area contributed by atoms with Gasteiger partial charge in [0.2, 0.25) is 0 Å². The van der Waals surface area contributed by atoms with Gasteiger partial charge in [-0.15, -0.1) is 0 Å². The summed E-state index contributed by atoms with van der Waals surface area (Å²) in [5.41, 5.74) is -0.134. The molecule has 0 atom stereocenters. The van der Waals surface area contributed by atoms with Crippen molar-refractivity contribution < 1.29 is 17.6 Å². The quantitative estimate of drug-likeness (QED) is 0.527. The topological polar surface area (TPSA) is 12.0 Å². The molecule has 1 N–H and O–H groups in total. The molecule has 0 fully saturated rings. The van der Waals surface area contributed by atoms with Crippen molar-refractivity contribution in [3.05, 3.63) is 62.0 Å². The lowest BCUT2D eigenvalue weighted by Gasteiger charge is -2.10. The molecule has 0 saturated carbocycles. The molecule has 0 aromatic heterocycles. The highest BCUT2D eigenvalue weighted by molar-refractivity contribution is 9.13. The molecule has 2 aromatic carbocycles. The SMILES string of the molecule is Fc1cc(F)c(F)c(NCc2ccc(Br)c(Br)c2)c1F. The molecule has 1 nitrogen and oxygen atoms in total. The van der Waals surface area contributed by atoms with Gasteiger partial charge in [0.15, 0.2) is 23.3 Å². The Kier molecular flexibility index (Phi) is 4.70. The smallest absolute Gasteiger partial charge is 0.185 e. The summed E-state index contributed by atoms with van der Waals surface area (Å²) in [5.74, 6) is -5.77. The lowest BCUT2D eigenvalue weighted by molar-refractivity contribution is 0.458. The van der Waals surface area contributed by atoms with E-state index in [9.17, 15) is 17.6 Å². The lowest BCUT2D eigenvalue weighted by atomic mass is 10.2. The molecule has 0 unspecified atom stereocenters. The average Bonchev–Trinajstić information content (AvgIpc) is 2.40.